The molecule has 1 aliphatic rings. The summed E-state index contributed by atoms with van der Waals surface area (Å²) in [4.78, 5) is 29.3. The second-order valence-electron chi connectivity index (χ2n) is 6.32. The SMILES string of the molecule is Cc1cc(N2CCC(C(=O)Nc3ccccc3Br)CC2)ncc1[N+](=O)[O-]. The molecule has 3 rings (SSSR count). The summed E-state index contributed by atoms with van der Waals surface area (Å²) in [7, 11) is 0. The Morgan fingerprint density at radius 3 is 2.65 bits per heavy atom. The molecule has 0 bridgehead atoms. The van der Waals surface area contributed by atoms with E-state index in [4.69, 9.17) is 0 Å². The van der Waals surface area contributed by atoms with Gasteiger partial charge in [-0.05, 0) is 53.9 Å². The van der Waals surface area contributed by atoms with Crippen LogP contribution in [0.1, 0.15) is 18.4 Å². The quantitative estimate of drug-likeness (QED) is 0.600. The molecule has 0 saturated carbocycles. The largest absolute Gasteiger partial charge is 0.357 e. The van der Waals surface area contributed by atoms with E-state index in [1.54, 1.807) is 13.0 Å². The Morgan fingerprint density at radius 2 is 2.04 bits per heavy atom. The van der Waals surface area contributed by atoms with E-state index in [1.165, 1.54) is 6.20 Å². The Hall–Kier alpha value is -2.48. The topological polar surface area (TPSA) is 88.4 Å². The van der Waals surface area contributed by atoms with Crippen molar-refractivity contribution < 1.29 is 9.72 Å². The third kappa shape index (κ3) is 4.01. The van der Waals surface area contributed by atoms with Crippen molar-refractivity contribution in [2.75, 3.05) is 23.3 Å². The van der Waals surface area contributed by atoms with Crippen LogP contribution in [-0.2, 0) is 4.79 Å². The summed E-state index contributed by atoms with van der Waals surface area (Å²) in [5.74, 6) is 0.680. The molecule has 1 fully saturated rings. The molecule has 26 heavy (non-hydrogen) atoms. The van der Waals surface area contributed by atoms with Gasteiger partial charge in [-0.15, -0.1) is 0 Å². The summed E-state index contributed by atoms with van der Waals surface area (Å²) in [6.07, 6.45) is 2.73. The van der Waals surface area contributed by atoms with Gasteiger partial charge in [-0.25, -0.2) is 4.98 Å². The molecular formula is C18H19BrN4O3. The van der Waals surface area contributed by atoms with Crippen LogP contribution in [0, 0.1) is 23.0 Å². The van der Waals surface area contributed by atoms with Crippen LogP contribution in [0.5, 0.6) is 0 Å². The van der Waals surface area contributed by atoms with Gasteiger partial charge < -0.3 is 10.2 Å². The van der Waals surface area contributed by atoms with E-state index in [-0.39, 0.29) is 17.5 Å². The van der Waals surface area contributed by atoms with Crippen LogP contribution < -0.4 is 10.2 Å². The Bertz CT molecular complexity index is 835. The van der Waals surface area contributed by atoms with Gasteiger partial charge in [-0.3, -0.25) is 14.9 Å². The zero-order valence-electron chi connectivity index (χ0n) is 14.3. The van der Waals surface area contributed by atoms with E-state index in [1.807, 2.05) is 24.3 Å². The highest BCUT2D eigenvalue weighted by molar-refractivity contribution is 9.10. The minimum atomic E-state index is -0.426. The van der Waals surface area contributed by atoms with Crippen molar-refractivity contribution in [2.24, 2.45) is 5.92 Å². The number of nitrogens with one attached hydrogen (secondary N) is 1. The monoisotopic (exact) mass is 418 g/mol. The fourth-order valence-electron chi connectivity index (χ4n) is 3.07. The fraction of sp³-hybridized carbons (Fsp3) is 0.333. The van der Waals surface area contributed by atoms with Crippen LogP contribution in [0.2, 0.25) is 0 Å². The summed E-state index contributed by atoms with van der Waals surface area (Å²) < 4.78 is 0.858. The van der Waals surface area contributed by atoms with Crippen LogP contribution in [0.3, 0.4) is 0 Å². The van der Waals surface area contributed by atoms with Gasteiger partial charge >= 0.3 is 0 Å². The minimum absolute atomic E-state index is 0.0180. The lowest BCUT2D eigenvalue weighted by molar-refractivity contribution is -0.385. The Morgan fingerprint density at radius 1 is 1.35 bits per heavy atom. The maximum absolute atomic E-state index is 12.5. The van der Waals surface area contributed by atoms with Gasteiger partial charge in [0.05, 0.1) is 10.6 Å². The molecular weight excluding hydrogens is 400 g/mol. The van der Waals surface area contributed by atoms with Crippen molar-refractivity contribution in [3.05, 3.63) is 56.7 Å². The number of para-hydroxylation sites is 1. The van der Waals surface area contributed by atoms with E-state index < -0.39 is 4.92 Å². The number of aromatic nitrogens is 1. The molecule has 8 heteroatoms. The molecule has 1 aromatic heterocycles. The number of aryl methyl sites for hydroxylation is 1. The zero-order chi connectivity index (χ0) is 18.7. The predicted octanol–water partition coefficient (Wildman–Crippen LogP) is 3.92. The number of amides is 1. The number of piperidine rings is 1. The lowest BCUT2D eigenvalue weighted by Crippen LogP contribution is -2.38. The van der Waals surface area contributed by atoms with Gasteiger partial charge in [0.15, 0.2) is 0 Å². The smallest absolute Gasteiger partial charge is 0.290 e. The van der Waals surface area contributed by atoms with E-state index in [2.05, 4.69) is 31.1 Å². The van der Waals surface area contributed by atoms with Gasteiger partial charge in [-0.1, -0.05) is 12.1 Å². The maximum atomic E-state index is 12.5. The van der Waals surface area contributed by atoms with Crippen molar-refractivity contribution in [1.82, 2.24) is 4.98 Å². The first-order chi connectivity index (χ1) is 12.5. The standard InChI is InChI=1S/C18H19BrN4O3/c1-12-10-17(20-11-16(12)23(25)26)22-8-6-13(7-9-22)18(24)21-15-5-3-2-4-14(15)19/h2-5,10-11,13H,6-9H2,1H3,(H,21,24). The fourth-order valence-corrected chi connectivity index (χ4v) is 3.45. The lowest BCUT2D eigenvalue weighted by Gasteiger charge is -2.32. The van der Waals surface area contributed by atoms with Crippen molar-refractivity contribution in [3.63, 3.8) is 0 Å². The number of nitrogens with zero attached hydrogens (tertiary/aromatic N) is 3. The molecule has 0 aliphatic carbocycles. The average Bonchev–Trinajstić information content (AvgIpc) is 2.63. The molecule has 1 N–H and O–H groups in total. The Kier molecular flexibility index (Phi) is 5.51. The van der Waals surface area contributed by atoms with Crippen molar-refractivity contribution >= 4 is 39.0 Å². The highest BCUT2D eigenvalue weighted by Crippen LogP contribution is 2.27. The molecule has 1 saturated heterocycles. The minimum Gasteiger partial charge on any atom is -0.357 e. The number of nitro groups is 1. The number of rotatable bonds is 4. The Labute approximate surface area is 159 Å². The number of hydrogen-bond donors (Lipinski definition) is 1. The third-order valence-electron chi connectivity index (χ3n) is 4.59. The first-order valence-electron chi connectivity index (χ1n) is 8.37. The van der Waals surface area contributed by atoms with Gasteiger partial charge in [0.25, 0.3) is 5.69 Å². The summed E-state index contributed by atoms with van der Waals surface area (Å²) in [5.41, 5.74) is 1.39. The highest BCUT2D eigenvalue weighted by atomic mass is 79.9. The van der Waals surface area contributed by atoms with Crippen LogP contribution in [0.15, 0.2) is 41.0 Å². The molecule has 1 aliphatic heterocycles. The van der Waals surface area contributed by atoms with Crippen molar-refractivity contribution in [2.45, 2.75) is 19.8 Å². The molecule has 0 radical (unpaired) electrons. The molecule has 2 heterocycles. The number of anilines is 2. The number of pyridine rings is 1. The summed E-state index contributed by atoms with van der Waals surface area (Å²) >= 11 is 3.43. The number of carbonyl (C=O) groups excluding carboxylic acids is 1. The molecule has 0 atom stereocenters. The van der Waals surface area contributed by atoms with Gasteiger partial charge in [0.2, 0.25) is 5.91 Å². The number of halogens is 1. The summed E-state index contributed by atoms with van der Waals surface area (Å²) in [6, 6.07) is 9.27. The maximum Gasteiger partial charge on any atom is 0.290 e. The zero-order valence-corrected chi connectivity index (χ0v) is 15.9. The van der Waals surface area contributed by atoms with Crippen LogP contribution in [0.25, 0.3) is 0 Å². The third-order valence-corrected chi connectivity index (χ3v) is 5.28. The van der Waals surface area contributed by atoms with Gasteiger partial charge in [0.1, 0.15) is 12.0 Å². The van der Waals surface area contributed by atoms with Gasteiger partial charge in [0, 0.05) is 29.0 Å². The molecule has 0 spiro atoms. The Balaban J connectivity index is 1.60. The van der Waals surface area contributed by atoms with E-state index in [0.29, 0.717) is 31.5 Å². The summed E-state index contributed by atoms with van der Waals surface area (Å²) in [5, 5.41) is 13.9. The number of benzene rings is 1. The molecule has 0 unspecified atom stereocenters. The van der Waals surface area contributed by atoms with Crippen LogP contribution in [-0.4, -0.2) is 28.9 Å². The molecule has 7 nitrogen and oxygen atoms in total. The molecule has 2 aromatic rings. The van der Waals surface area contributed by atoms with Crippen molar-refractivity contribution in [1.29, 1.82) is 0 Å². The number of carbonyl (C=O) groups is 1. The second kappa shape index (κ2) is 7.82. The van der Waals surface area contributed by atoms with Crippen LogP contribution >= 0.6 is 15.9 Å². The number of hydrogen-bond acceptors (Lipinski definition) is 5. The molecule has 1 amide bonds. The summed E-state index contributed by atoms with van der Waals surface area (Å²) in [6.45, 7) is 3.10. The van der Waals surface area contributed by atoms with Crippen LogP contribution in [0.4, 0.5) is 17.2 Å². The van der Waals surface area contributed by atoms with Gasteiger partial charge in [-0.2, -0.15) is 0 Å². The lowest BCUT2D eigenvalue weighted by atomic mass is 9.95. The highest BCUT2D eigenvalue weighted by Gasteiger charge is 2.26. The van der Waals surface area contributed by atoms with E-state index in [9.17, 15) is 14.9 Å². The molecule has 136 valence electrons. The first kappa shape index (κ1) is 18.3. The first-order valence-corrected chi connectivity index (χ1v) is 9.16. The average molecular weight is 419 g/mol. The van der Waals surface area contributed by atoms with Crippen molar-refractivity contribution in [3.8, 4) is 0 Å². The normalized spacial score (nSPS) is 14.9. The molecule has 1 aromatic carbocycles. The van der Waals surface area contributed by atoms with E-state index >= 15 is 0 Å². The predicted molar refractivity (Wildman–Crippen MR) is 103 cm³/mol. The van der Waals surface area contributed by atoms with E-state index in [0.717, 1.165) is 16.0 Å². The second-order valence-corrected chi connectivity index (χ2v) is 7.17.